The van der Waals surface area contributed by atoms with E-state index in [1.54, 1.807) is 6.07 Å². The van der Waals surface area contributed by atoms with Gasteiger partial charge >= 0.3 is 0 Å². The molecule has 0 aromatic heterocycles. The number of rotatable bonds is 3. The van der Waals surface area contributed by atoms with Gasteiger partial charge in [-0.15, -0.1) is 0 Å². The lowest BCUT2D eigenvalue weighted by Crippen LogP contribution is -2.44. The molecular formula is C14H18FNO2. The van der Waals surface area contributed by atoms with E-state index < -0.39 is 0 Å². The predicted octanol–water partition coefficient (Wildman–Crippen LogP) is 1.58. The molecular weight excluding hydrogens is 233 g/mol. The van der Waals surface area contributed by atoms with Gasteiger partial charge in [0.25, 0.3) is 0 Å². The van der Waals surface area contributed by atoms with E-state index in [-0.39, 0.29) is 17.7 Å². The number of halogens is 1. The molecule has 1 fully saturated rings. The van der Waals surface area contributed by atoms with Crippen molar-refractivity contribution < 1.29 is 13.9 Å². The summed E-state index contributed by atoms with van der Waals surface area (Å²) >= 11 is 0. The van der Waals surface area contributed by atoms with Crippen molar-refractivity contribution in [3.63, 3.8) is 0 Å². The molecule has 1 aliphatic heterocycles. The molecule has 1 aliphatic rings. The van der Waals surface area contributed by atoms with E-state index in [4.69, 9.17) is 4.74 Å². The van der Waals surface area contributed by atoms with Crippen LogP contribution in [0.2, 0.25) is 0 Å². The minimum Gasteiger partial charge on any atom is -0.368 e. The van der Waals surface area contributed by atoms with Crippen LogP contribution in [0.4, 0.5) is 4.39 Å². The second-order valence-electron chi connectivity index (χ2n) is 4.84. The predicted molar refractivity (Wildman–Crippen MR) is 67.1 cm³/mol. The Bertz CT molecular complexity index is 447. The minimum atomic E-state index is -0.354. The van der Waals surface area contributed by atoms with Crippen molar-refractivity contribution in [1.29, 1.82) is 0 Å². The Morgan fingerprint density at radius 1 is 1.56 bits per heavy atom. The Labute approximate surface area is 107 Å². The molecule has 0 aliphatic carbocycles. The molecule has 0 spiro atoms. The molecule has 3 nitrogen and oxygen atoms in total. The highest BCUT2D eigenvalue weighted by molar-refractivity contribution is 5.85. The van der Waals surface area contributed by atoms with Crippen LogP contribution in [0, 0.1) is 12.7 Å². The third kappa shape index (κ3) is 3.15. The molecule has 1 unspecified atom stereocenters. The first-order chi connectivity index (χ1) is 8.56. The maximum Gasteiger partial charge on any atom is 0.167 e. The van der Waals surface area contributed by atoms with E-state index in [9.17, 15) is 9.18 Å². The highest BCUT2D eigenvalue weighted by atomic mass is 19.1. The van der Waals surface area contributed by atoms with E-state index in [1.165, 1.54) is 12.1 Å². The largest absolute Gasteiger partial charge is 0.368 e. The topological polar surface area (TPSA) is 29.5 Å². The Kier molecular flexibility index (Phi) is 4.09. The zero-order valence-corrected chi connectivity index (χ0v) is 10.8. The summed E-state index contributed by atoms with van der Waals surface area (Å²) in [6, 6.07) is 4.52. The van der Waals surface area contributed by atoms with Crippen molar-refractivity contribution in [3.8, 4) is 0 Å². The lowest BCUT2D eigenvalue weighted by molar-refractivity contribution is -0.134. The molecule has 0 radical (unpaired) electrons. The summed E-state index contributed by atoms with van der Waals surface area (Å²) in [4.78, 5) is 14.2. The molecule has 0 N–H and O–H groups in total. The average Bonchev–Trinajstić information content (AvgIpc) is 2.32. The molecule has 0 bridgehead atoms. The first-order valence-electron chi connectivity index (χ1n) is 6.14. The monoisotopic (exact) mass is 251 g/mol. The number of carbonyl (C=O) groups excluding carboxylic acids is 1. The third-order valence-electron chi connectivity index (χ3n) is 3.30. The van der Waals surface area contributed by atoms with Crippen molar-refractivity contribution in [2.75, 3.05) is 26.7 Å². The van der Waals surface area contributed by atoms with Crippen LogP contribution in [0.5, 0.6) is 0 Å². The van der Waals surface area contributed by atoms with Gasteiger partial charge < -0.3 is 9.64 Å². The van der Waals surface area contributed by atoms with Crippen LogP contribution >= 0.6 is 0 Å². The maximum atomic E-state index is 13.0. The summed E-state index contributed by atoms with van der Waals surface area (Å²) in [5.74, 6) is -0.200. The number of carbonyl (C=O) groups is 1. The second-order valence-corrected chi connectivity index (χ2v) is 4.84. The SMILES string of the molecule is Cc1cc(F)ccc1CC(=O)C1CN(C)CCO1. The summed E-state index contributed by atoms with van der Waals surface area (Å²) in [7, 11) is 1.98. The quantitative estimate of drug-likeness (QED) is 0.817. The van der Waals surface area contributed by atoms with Crippen molar-refractivity contribution in [2.24, 2.45) is 0 Å². The highest BCUT2D eigenvalue weighted by Crippen LogP contribution is 2.14. The second kappa shape index (κ2) is 5.59. The summed E-state index contributed by atoms with van der Waals surface area (Å²) in [5, 5.41) is 0. The number of Topliss-reactive ketones (excluding diaryl/α,β-unsaturated/α-hetero) is 1. The van der Waals surface area contributed by atoms with Crippen LogP contribution in [0.15, 0.2) is 18.2 Å². The first kappa shape index (κ1) is 13.2. The molecule has 0 amide bonds. The van der Waals surface area contributed by atoms with Crippen molar-refractivity contribution >= 4 is 5.78 Å². The fourth-order valence-electron chi connectivity index (χ4n) is 2.13. The summed E-state index contributed by atoms with van der Waals surface area (Å²) in [6.07, 6.45) is -0.0434. The van der Waals surface area contributed by atoms with Crippen LogP contribution in [0.1, 0.15) is 11.1 Å². The van der Waals surface area contributed by atoms with Gasteiger partial charge in [-0.3, -0.25) is 4.79 Å². The van der Waals surface area contributed by atoms with Crippen LogP contribution < -0.4 is 0 Å². The smallest absolute Gasteiger partial charge is 0.167 e. The van der Waals surface area contributed by atoms with Gasteiger partial charge in [0, 0.05) is 19.5 Å². The van der Waals surface area contributed by atoms with Gasteiger partial charge in [-0.05, 0) is 37.2 Å². The molecule has 0 saturated carbocycles. The van der Waals surface area contributed by atoms with E-state index in [0.717, 1.165) is 17.7 Å². The number of hydrogen-bond acceptors (Lipinski definition) is 3. The molecule has 2 rings (SSSR count). The molecule has 18 heavy (non-hydrogen) atoms. The van der Waals surface area contributed by atoms with Gasteiger partial charge in [-0.1, -0.05) is 6.07 Å². The lowest BCUT2D eigenvalue weighted by Gasteiger charge is -2.29. The lowest BCUT2D eigenvalue weighted by atomic mass is 10.00. The number of morpholine rings is 1. The zero-order valence-electron chi connectivity index (χ0n) is 10.8. The number of ketones is 1. The number of ether oxygens (including phenoxy) is 1. The number of aryl methyl sites for hydroxylation is 1. The fourth-order valence-corrected chi connectivity index (χ4v) is 2.13. The summed E-state index contributed by atoms with van der Waals surface area (Å²) < 4.78 is 18.5. The molecule has 1 aromatic carbocycles. The fraction of sp³-hybridized carbons (Fsp3) is 0.500. The maximum absolute atomic E-state index is 13.0. The Morgan fingerprint density at radius 3 is 3.00 bits per heavy atom. The minimum absolute atomic E-state index is 0.0660. The van der Waals surface area contributed by atoms with Crippen molar-refractivity contribution in [1.82, 2.24) is 4.90 Å². The molecule has 4 heteroatoms. The first-order valence-corrected chi connectivity index (χ1v) is 6.14. The normalized spacial score (nSPS) is 20.9. The summed E-state index contributed by atoms with van der Waals surface area (Å²) in [5.41, 5.74) is 1.69. The Hall–Kier alpha value is -1.26. The molecule has 1 aromatic rings. The van der Waals surface area contributed by atoms with Gasteiger partial charge in [-0.25, -0.2) is 4.39 Å². The molecule has 1 heterocycles. The molecule has 98 valence electrons. The standard InChI is InChI=1S/C14H18FNO2/c1-10-7-12(15)4-3-11(10)8-13(17)14-9-16(2)5-6-18-14/h3-4,7,14H,5-6,8-9H2,1-2H3. The highest BCUT2D eigenvalue weighted by Gasteiger charge is 2.24. The van der Waals surface area contributed by atoms with Crippen LogP contribution in [0.3, 0.4) is 0 Å². The number of likely N-dealkylation sites (N-methyl/N-ethyl adjacent to an activating group) is 1. The number of benzene rings is 1. The van der Waals surface area contributed by atoms with E-state index in [0.29, 0.717) is 19.6 Å². The number of hydrogen-bond donors (Lipinski definition) is 0. The molecule has 1 saturated heterocycles. The van der Waals surface area contributed by atoms with E-state index >= 15 is 0 Å². The van der Waals surface area contributed by atoms with E-state index in [1.807, 2.05) is 14.0 Å². The van der Waals surface area contributed by atoms with Crippen LogP contribution in [0.25, 0.3) is 0 Å². The summed E-state index contributed by atoms with van der Waals surface area (Å²) in [6.45, 7) is 3.91. The van der Waals surface area contributed by atoms with Gasteiger partial charge in [0.15, 0.2) is 5.78 Å². The van der Waals surface area contributed by atoms with Gasteiger partial charge in [0.1, 0.15) is 11.9 Å². The Morgan fingerprint density at radius 2 is 2.33 bits per heavy atom. The van der Waals surface area contributed by atoms with Crippen molar-refractivity contribution in [2.45, 2.75) is 19.4 Å². The van der Waals surface area contributed by atoms with Gasteiger partial charge in [0.05, 0.1) is 6.61 Å². The van der Waals surface area contributed by atoms with E-state index in [2.05, 4.69) is 4.90 Å². The van der Waals surface area contributed by atoms with Crippen LogP contribution in [-0.2, 0) is 16.0 Å². The Balaban J connectivity index is 2.02. The van der Waals surface area contributed by atoms with Crippen molar-refractivity contribution in [3.05, 3.63) is 35.1 Å². The molecule has 1 atom stereocenters. The third-order valence-corrected chi connectivity index (χ3v) is 3.30. The van der Waals surface area contributed by atoms with Gasteiger partial charge in [-0.2, -0.15) is 0 Å². The number of nitrogens with zero attached hydrogens (tertiary/aromatic N) is 1. The van der Waals surface area contributed by atoms with Crippen LogP contribution in [-0.4, -0.2) is 43.5 Å². The zero-order chi connectivity index (χ0) is 13.1. The van der Waals surface area contributed by atoms with Gasteiger partial charge in [0.2, 0.25) is 0 Å². The average molecular weight is 251 g/mol.